The van der Waals surface area contributed by atoms with Gasteiger partial charge in [0.15, 0.2) is 0 Å². The summed E-state index contributed by atoms with van der Waals surface area (Å²) in [7, 11) is 1.63. The lowest BCUT2D eigenvalue weighted by atomic mass is 10.0. The lowest BCUT2D eigenvalue weighted by molar-refractivity contribution is -0.130. The first-order valence-electron chi connectivity index (χ1n) is 12.7. The number of hydrogen-bond donors (Lipinski definition) is 0. The van der Waals surface area contributed by atoms with Gasteiger partial charge in [-0.1, -0.05) is 30.3 Å². The van der Waals surface area contributed by atoms with Gasteiger partial charge >= 0.3 is 0 Å². The smallest absolute Gasteiger partial charge is 0.242 e. The Morgan fingerprint density at radius 2 is 1.82 bits per heavy atom. The Kier molecular flexibility index (Phi) is 6.95. The molecule has 0 saturated carbocycles. The molecule has 2 aromatic carbocycles. The summed E-state index contributed by atoms with van der Waals surface area (Å²) in [4.78, 5) is 30.7. The van der Waals surface area contributed by atoms with Crippen molar-refractivity contribution in [1.82, 2.24) is 14.7 Å². The van der Waals surface area contributed by atoms with Crippen molar-refractivity contribution < 1.29 is 14.3 Å². The van der Waals surface area contributed by atoms with Gasteiger partial charge in [0, 0.05) is 24.2 Å². The normalized spacial score (nSPS) is 17.4. The Labute approximate surface area is 230 Å². The number of methoxy groups -OCH3 is 1. The zero-order valence-electron chi connectivity index (χ0n) is 21.1. The highest BCUT2D eigenvalue weighted by molar-refractivity contribution is 8.00. The number of anilines is 1. The maximum atomic E-state index is 13.7. The third kappa shape index (κ3) is 4.61. The molecule has 1 fully saturated rings. The fourth-order valence-electron chi connectivity index (χ4n) is 5.12. The Bertz CT molecular complexity index is 1430. The van der Waals surface area contributed by atoms with E-state index in [2.05, 4.69) is 16.8 Å². The molecule has 9 heteroatoms. The molecule has 1 saturated heterocycles. The van der Waals surface area contributed by atoms with Crippen LogP contribution in [0.3, 0.4) is 0 Å². The number of amides is 2. The Morgan fingerprint density at radius 1 is 1.05 bits per heavy atom. The molecule has 2 aromatic heterocycles. The zero-order valence-corrected chi connectivity index (χ0v) is 22.7. The van der Waals surface area contributed by atoms with E-state index in [0.29, 0.717) is 5.82 Å². The SMILES string of the molecule is COc1ccc(-n2nc(-c3ccccc3)c3c2N(CC(=O)N2CCCC2)C(=O)CS[C@H]3c2ccsc2)cc1. The van der Waals surface area contributed by atoms with Gasteiger partial charge < -0.3 is 9.64 Å². The number of aromatic nitrogens is 2. The predicted molar refractivity (Wildman–Crippen MR) is 152 cm³/mol. The minimum atomic E-state index is -0.103. The minimum Gasteiger partial charge on any atom is -0.497 e. The van der Waals surface area contributed by atoms with Gasteiger partial charge in [-0.05, 0) is 59.5 Å². The Balaban J connectivity index is 1.58. The monoisotopic (exact) mass is 544 g/mol. The van der Waals surface area contributed by atoms with Gasteiger partial charge in [0.25, 0.3) is 0 Å². The van der Waals surface area contributed by atoms with E-state index >= 15 is 0 Å². The van der Waals surface area contributed by atoms with Crippen LogP contribution in [0.4, 0.5) is 5.82 Å². The van der Waals surface area contributed by atoms with Gasteiger partial charge in [-0.15, -0.1) is 11.8 Å². The van der Waals surface area contributed by atoms with Crippen LogP contribution in [-0.2, 0) is 9.59 Å². The van der Waals surface area contributed by atoms with Crippen LogP contribution in [0.15, 0.2) is 71.4 Å². The van der Waals surface area contributed by atoms with Crippen LogP contribution in [0.25, 0.3) is 16.9 Å². The van der Waals surface area contributed by atoms with Crippen molar-refractivity contribution in [1.29, 1.82) is 0 Å². The number of hydrogen-bond acceptors (Lipinski definition) is 6. The van der Waals surface area contributed by atoms with Gasteiger partial charge in [-0.3, -0.25) is 14.5 Å². The van der Waals surface area contributed by atoms with Crippen LogP contribution in [0.5, 0.6) is 5.75 Å². The van der Waals surface area contributed by atoms with Crippen LogP contribution >= 0.6 is 23.1 Å². The summed E-state index contributed by atoms with van der Waals surface area (Å²) in [6, 6.07) is 19.8. The van der Waals surface area contributed by atoms with Gasteiger partial charge in [0.1, 0.15) is 18.1 Å². The number of carbonyl (C=O) groups is 2. The zero-order chi connectivity index (χ0) is 26.1. The standard InChI is InChI=1S/C29H28N4O3S2/c1-36-23-11-9-22(10-12-23)33-29-26(27(30-33)20-7-3-2-4-8-20)28(21-13-16-37-18-21)38-19-25(35)32(29)17-24(34)31-14-5-6-15-31/h2-4,7-13,16,18,28H,5-6,14-15,17,19H2,1H3/t28-/m0/s1. The molecule has 0 N–H and O–H groups in total. The number of carbonyl (C=O) groups excluding carboxylic acids is 2. The molecule has 4 aromatic rings. The van der Waals surface area contributed by atoms with Crippen LogP contribution in [-0.4, -0.2) is 59.0 Å². The highest BCUT2D eigenvalue weighted by Crippen LogP contribution is 2.49. The number of ether oxygens (including phenoxy) is 1. The average Bonchev–Trinajstić information content (AvgIpc) is 3.73. The largest absolute Gasteiger partial charge is 0.497 e. The van der Waals surface area contributed by atoms with Crippen molar-refractivity contribution >= 4 is 40.7 Å². The van der Waals surface area contributed by atoms with Gasteiger partial charge in [-0.2, -0.15) is 16.4 Å². The molecule has 2 aliphatic heterocycles. The highest BCUT2D eigenvalue weighted by Gasteiger charge is 2.38. The summed E-state index contributed by atoms with van der Waals surface area (Å²) in [5.74, 6) is 1.56. The van der Waals surface area contributed by atoms with Crippen LogP contribution in [0.2, 0.25) is 0 Å². The lowest BCUT2D eigenvalue weighted by Crippen LogP contribution is -2.43. The third-order valence-corrected chi connectivity index (χ3v) is 9.01. The van der Waals surface area contributed by atoms with Crippen molar-refractivity contribution in [2.24, 2.45) is 0 Å². The second-order valence-corrected chi connectivity index (χ2v) is 11.3. The molecule has 194 valence electrons. The number of thiophene rings is 1. The van der Waals surface area contributed by atoms with Crippen molar-refractivity contribution in [2.45, 2.75) is 18.1 Å². The average molecular weight is 545 g/mol. The molecular weight excluding hydrogens is 516 g/mol. The summed E-state index contributed by atoms with van der Waals surface area (Å²) in [5, 5.41) is 9.22. The van der Waals surface area contributed by atoms with Gasteiger partial charge in [-0.25, -0.2) is 4.68 Å². The fourth-order valence-corrected chi connectivity index (χ4v) is 7.08. The first kappa shape index (κ1) is 24.8. The van der Waals surface area contributed by atoms with E-state index < -0.39 is 0 Å². The second kappa shape index (κ2) is 10.7. The lowest BCUT2D eigenvalue weighted by Gasteiger charge is -2.25. The van der Waals surface area contributed by atoms with Crippen LogP contribution in [0.1, 0.15) is 29.2 Å². The predicted octanol–water partition coefficient (Wildman–Crippen LogP) is 5.40. The number of likely N-dealkylation sites (tertiary alicyclic amines) is 1. The summed E-state index contributed by atoms with van der Waals surface area (Å²) in [6.07, 6.45) is 2.01. The molecule has 38 heavy (non-hydrogen) atoms. The van der Waals surface area contributed by atoms with Crippen LogP contribution in [0, 0.1) is 0 Å². The van der Waals surface area contributed by atoms with Crippen molar-refractivity contribution in [2.75, 3.05) is 37.4 Å². The molecule has 0 unspecified atom stereocenters. The number of nitrogens with zero attached hydrogens (tertiary/aromatic N) is 4. The quantitative estimate of drug-likeness (QED) is 0.325. The van der Waals surface area contributed by atoms with E-state index in [9.17, 15) is 9.59 Å². The van der Waals surface area contributed by atoms with E-state index in [1.54, 1.807) is 35.1 Å². The molecule has 2 amide bonds. The summed E-state index contributed by atoms with van der Waals surface area (Å²) >= 11 is 3.24. The summed E-state index contributed by atoms with van der Waals surface area (Å²) in [5.41, 5.74) is 4.67. The van der Waals surface area contributed by atoms with E-state index in [-0.39, 0.29) is 29.4 Å². The Morgan fingerprint density at radius 3 is 2.50 bits per heavy atom. The number of thioether (sulfide) groups is 1. The second-order valence-electron chi connectivity index (χ2n) is 9.38. The first-order valence-corrected chi connectivity index (χ1v) is 14.7. The molecule has 0 aliphatic carbocycles. The maximum Gasteiger partial charge on any atom is 0.242 e. The highest BCUT2D eigenvalue weighted by atomic mass is 32.2. The van der Waals surface area contributed by atoms with E-state index in [4.69, 9.17) is 9.84 Å². The maximum absolute atomic E-state index is 13.7. The van der Waals surface area contributed by atoms with E-state index in [0.717, 1.165) is 59.8 Å². The molecule has 4 heterocycles. The van der Waals surface area contributed by atoms with Crippen molar-refractivity contribution in [3.8, 4) is 22.7 Å². The number of benzene rings is 2. The number of fused-ring (bicyclic) bond motifs is 1. The van der Waals surface area contributed by atoms with Crippen molar-refractivity contribution in [3.63, 3.8) is 0 Å². The van der Waals surface area contributed by atoms with Crippen molar-refractivity contribution in [3.05, 3.63) is 82.6 Å². The van der Waals surface area contributed by atoms with E-state index in [1.165, 1.54) is 0 Å². The van der Waals surface area contributed by atoms with Gasteiger partial charge in [0.05, 0.1) is 29.5 Å². The third-order valence-electron chi connectivity index (χ3n) is 7.05. The molecule has 2 aliphatic rings. The Hall–Kier alpha value is -3.56. The molecule has 1 atom stereocenters. The summed E-state index contributed by atoms with van der Waals surface area (Å²) < 4.78 is 7.21. The molecule has 7 nitrogen and oxygen atoms in total. The van der Waals surface area contributed by atoms with Gasteiger partial charge in [0.2, 0.25) is 11.8 Å². The molecule has 6 rings (SSSR count). The molecule has 0 spiro atoms. The summed E-state index contributed by atoms with van der Waals surface area (Å²) in [6.45, 7) is 1.48. The number of rotatable bonds is 6. The fraction of sp³-hybridized carbons (Fsp3) is 0.276. The molecular formula is C29H28N4O3S2. The van der Waals surface area contributed by atoms with E-state index in [1.807, 2.05) is 64.2 Å². The topological polar surface area (TPSA) is 67.7 Å². The molecule has 0 bridgehead atoms. The first-order chi connectivity index (χ1) is 18.6. The minimum absolute atomic E-state index is 0.00116. The molecule has 0 radical (unpaired) electrons. The van der Waals surface area contributed by atoms with Crippen LogP contribution < -0.4 is 9.64 Å².